The average molecular weight is 271 g/mol. The number of nitrogens with two attached hydrogens (primary N) is 1. The second-order valence-electron chi connectivity index (χ2n) is 5.36. The molecular weight excluding hydrogens is 253 g/mol. The molecule has 1 aliphatic rings. The van der Waals surface area contributed by atoms with E-state index >= 15 is 0 Å². The summed E-state index contributed by atoms with van der Waals surface area (Å²) in [6.07, 6.45) is 2.66. The highest BCUT2D eigenvalue weighted by Gasteiger charge is 2.23. The molecule has 0 bridgehead atoms. The molecule has 0 saturated heterocycles. The maximum absolute atomic E-state index is 13.5. The fraction of sp³-hybridized carbons (Fsp3) is 0.294. The molecule has 20 heavy (non-hydrogen) atoms. The van der Waals surface area contributed by atoms with Crippen LogP contribution in [0.3, 0.4) is 0 Å². The molecule has 2 N–H and O–H groups in total. The quantitative estimate of drug-likeness (QED) is 0.910. The zero-order valence-corrected chi connectivity index (χ0v) is 11.5. The van der Waals surface area contributed by atoms with Crippen LogP contribution in [0.15, 0.2) is 42.5 Å². The first-order valence-electron chi connectivity index (χ1n) is 6.95. The van der Waals surface area contributed by atoms with Gasteiger partial charge in [0.15, 0.2) is 0 Å². The lowest BCUT2D eigenvalue weighted by atomic mass is 9.96. The van der Waals surface area contributed by atoms with Crippen LogP contribution in [0.2, 0.25) is 0 Å². The molecule has 1 saturated carbocycles. The van der Waals surface area contributed by atoms with Gasteiger partial charge in [0.25, 0.3) is 0 Å². The highest BCUT2D eigenvalue weighted by Crippen LogP contribution is 2.31. The fourth-order valence-corrected chi connectivity index (χ4v) is 2.27. The van der Waals surface area contributed by atoms with Crippen molar-refractivity contribution in [3.63, 3.8) is 0 Å². The summed E-state index contributed by atoms with van der Waals surface area (Å²) in [4.78, 5) is 0. The SMILES string of the molecule is CC(N)c1ccc(F)cc1-c1ccc(OC2CC2)cc1. The minimum atomic E-state index is -0.247. The Bertz CT molecular complexity index is 603. The minimum absolute atomic E-state index is 0.131. The molecule has 1 unspecified atom stereocenters. The average Bonchev–Trinajstić information content (AvgIpc) is 3.23. The molecule has 104 valence electrons. The Kier molecular flexibility index (Phi) is 3.45. The van der Waals surface area contributed by atoms with E-state index in [0.717, 1.165) is 35.3 Å². The lowest BCUT2D eigenvalue weighted by Crippen LogP contribution is -2.07. The van der Waals surface area contributed by atoms with E-state index in [0.29, 0.717) is 6.10 Å². The van der Waals surface area contributed by atoms with Crippen molar-refractivity contribution < 1.29 is 9.13 Å². The van der Waals surface area contributed by atoms with Gasteiger partial charge in [0.05, 0.1) is 6.10 Å². The molecule has 1 aliphatic carbocycles. The van der Waals surface area contributed by atoms with Crippen LogP contribution < -0.4 is 10.5 Å². The van der Waals surface area contributed by atoms with Gasteiger partial charge in [-0.1, -0.05) is 18.2 Å². The first kappa shape index (κ1) is 13.1. The molecule has 2 aromatic rings. The number of benzene rings is 2. The molecule has 0 aliphatic heterocycles. The molecule has 0 amide bonds. The van der Waals surface area contributed by atoms with Crippen LogP contribution >= 0.6 is 0 Å². The minimum Gasteiger partial charge on any atom is -0.490 e. The first-order chi connectivity index (χ1) is 9.63. The zero-order chi connectivity index (χ0) is 14.1. The number of ether oxygens (including phenoxy) is 1. The lowest BCUT2D eigenvalue weighted by molar-refractivity contribution is 0.303. The molecule has 0 aromatic heterocycles. The van der Waals surface area contributed by atoms with Crippen molar-refractivity contribution in [2.75, 3.05) is 0 Å². The summed E-state index contributed by atoms with van der Waals surface area (Å²) in [6.45, 7) is 1.90. The molecule has 0 spiro atoms. The Labute approximate surface area is 118 Å². The number of halogens is 1. The summed E-state index contributed by atoms with van der Waals surface area (Å²) in [5.41, 5.74) is 8.71. The van der Waals surface area contributed by atoms with Gasteiger partial charge in [-0.3, -0.25) is 0 Å². The van der Waals surface area contributed by atoms with Crippen LogP contribution in [0.25, 0.3) is 11.1 Å². The Morgan fingerprint density at radius 3 is 2.45 bits per heavy atom. The molecule has 3 heteroatoms. The van der Waals surface area contributed by atoms with Gasteiger partial charge in [-0.15, -0.1) is 0 Å². The van der Waals surface area contributed by atoms with Crippen LogP contribution in [-0.2, 0) is 0 Å². The topological polar surface area (TPSA) is 35.2 Å². The summed E-state index contributed by atoms with van der Waals surface area (Å²) in [5.74, 6) is 0.623. The van der Waals surface area contributed by atoms with Gasteiger partial charge < -0.3 is 10.5 Å². The summed E-state index contributed by atoms with van der Waals surface area (Å²) >= 11 is 0. The van der Waals surface area contributed by atoms with Crippen molar-refractivity contribution in [3.8, 4) is 16.9 Å². The Hall–Kier alpha value is -1.87. The Balaban J connectivity index is 1.92. The molecule has 1 atom stereocenters. The third-order valence-electron chi connectivity index (χ3n) is 3.50. The number of hydrogen-bond donors (Lipinski definition) is 1. The molecule has 3 rings (SSSR count). The smallest absolute Gasteiger partial charge is 0.123 e. The van der Waals surface area contributed by atoms with Crippen molar-refractivity contribution >= 4 is 0 Å². The molecule has 2 aromatic carbocycles. The van der Waals surface area contributed by atoms with Crippen LogP contribution in [-0.4, -0.2) is 6.10 Å². The van der Waals surface area contributed by atoms with E-state index in [1.165, 1.54) is 12.1 Å². The lowest BCUT2D eigenvalue weighted by Gasteiger charge is -2.13. The Morgan fingerprint density at radius 2 is 1.85 bits per heavy atom. The first-order valence-corrected chi connectivity index (χ1v) is 6.95. The number of rotatable bonds is 4. The highest BCUT2D eigenvalue weighted by molar-refractivity contribution is 5.68. The van der Waals surface area contributed by atoms with Crippen molar-refractivity contribution in [1.82, 2.24) is 0 Å². The van der Waals surface area contributed by atoms with Crippen molar-refractivity contribution in [1.29, 1.82) is 0 Å². The van der Waals surface area contributed by atoms with Gasteiger partial charge in [-0.05, 0) is 60.7 Å². The maximum atomic E-state index is 13.5. The summed E-state index contributed by atoms with van der Waals surface area (Å²) in [7, 11) is 0. The van der Waals surface area contributed by atoms with E-state index in [4.69, 9.17) is 10.5 Å². The van der Waals surface area contributed by atoms with Crippen LogP contribution in [0.5, 0.6) is 5.75 Å². The van der Waals surface area contributed by atoms with Crippen molar-refractivity contribution in [2.24, 2.45) is 5.73 Å². The van der Waals surface area contributed by atoms with E-state index < -0.39 is 0 Å². The van der Waals surface area contributed by atoms with Gasteiger partial charge in [-0.2, -0.15) is 0 Å². The third kappa shape index (κ3) is 2.83. The maximum Gasteiger partial charge on any atom is 0.123 e. The molecule has 0 radical (unpaired) electrons. The van der Waals surface area contributed by atoms with E-state index in [1.54, 1.807) is 6.07 Å². The molecule has 0 heterocycles. The molecule has 1 fully saturated rings. The summed E-state index contributed by atoms with van der Waals surface area (Å²) < 4.78 is 19.2. The van der Waals surface area contributed by atoms with Crippen LogP contribution in [0, 0.1) is 5.82 Å². The zero-order valence-electron chi connectivity index (χ0n) is 11.5. The van der Waals surface area contributed by atoms with E-state index in [-0.39, 0.29) is 11.9 Å². The fourth-order valence-electron chi connectivity index (χ4n) is 2.27. The normalized spacial score (nSPS) is 15.9. The Morgan fingerprint density at radius 1 is 1.15 bits per heavy atom. The molecular formula is C17H18FNO. The van der Waals surface area contributed by atoms with E-state index in [2.05, 4.69) is 0 Å². The second-order valence-corrected chi connectivity index (χ2v) is 5.36. The van der Waals surface area contributed by atoms with Gasteiger partial charge in [0.1, 0.15) is 11.6 Å². The monoisotopic (exact) mass is 271 g/mol. The third-order valence-corrected chi connectivity index (χ3v) is 3.50. The van der Waals surface area contributed by atoms with E-state index in [9.17, 15) is 4.39 Å². The predicted molar refractivity (Wildman–Crippen MR) is 78.1 cm³/mol. The van der Waals surface area contributed by atoms with Gasteiger partial charge in [-0.25, -0.2) is 4.39 Å². The predicted octanol–water partition coefficient (Wildman–Crippen LogP) is 4.05. The van der Waals surface area contributed by atoms with E-state index in [1.807, 2.05) is 31.2 Å². The highest BCUT2D eigenvalue weighted by atomic mass is 19.1. The van der Waals surface area contributed by atoms with Crippen molar-refractivity contribution in [2.45, 2.75) is 31.9 Å². The van der Waals surface area contributed by atoms with Crippen LogP contribution in [0.1, 0.15) is 31.4 Å². The standard InChI is InChI=1S/C17H18FNO/c1-11(19)16-9-4-13(18)10-17(16)12-2-5-14(6-3-12)20-15-7-8-15/h2-6,9-11,15H,7-8,19H2,1H3. The van der Waals surface area contributed by atoms with Gasteiger partial charge in [0.2, 0.25) is 0 Å². The van der Waals surface area contributed by atoms with Crippen molar-refractivity contribution in [3.05, 3.63) is 53.8 Å². The molecule has 2 nitrogen and oxygen atoms in total. The summed E-state index contributed by atoms with van der Waals surface area (Å²) in [6, 6.07) is 12.4. The largest absolute Gasteiger partial charge is 0.490 e. The number of hydrogen-bond acceptors (Lipinski definition) is 2. The second kappa shape index (κ2) is 5.25. The van der Waals surface area contributed by atoms with Gasteiger partial charge >= 0.3 is 0 Å². The van der Waals surface area contributed by atoms with Gasteiger partial charge in [0, 0.05) is 6.04 Å². The van der Waals surface area contributed by atoms with Crippen LogP contribution in [0.4, 0.5) is 4.39 Å². The summed E-state index contributed by atoms with van der Waals surface area (Å²) in [5, 5.41) is 0.